The average Bonchev–Trinajstić information content (AvgIpc) is 1.21. The zero-order valence-corrected chi connectivity index (χ0v) is 6.79. The van der Waals surface area contributed by atoms with E-state index in [2.05, 4.69) is 9.81 Å². The molecule has 0 aliphatic carbocycles. The summed E-state index contributed by atoms with van der Waals surface area (Å²) < 4.78 is 14.0. The highest BCUT2D eigenvalue weighted by Crippen LogP contribution is 2.63. The molecule has 4 nitrogen and oxygen atoms in total. The summed E-state index contributed by atoms with van der Waals surface area (Å²) in [6.07, 6.45) is -3.62. The molecule has 50 valence electrons. The van der Waals surface area contributed by atoms with Crippen molar-refractivity contribution in [1.29, 1.82) is 0 Å². The number of halogens is 2. The maximum atomic E-state index is 10.1. The second kappa shape index (κ2) is 3.33. The van der Waals surface area contributed by atoms with Crippen LogP contribution in [0.3, 0.4) is 0 Å². The van der Waals surface area contributed by atoms with Crippen molar-refractivity contribution in [2.24, 2.45) is 5.50 Å². The van der Waals surface area contributed by atoms with Crippen molar-refractivity contribution in [1.82, 2.24) is 0 Å². The molecule has 1 atom stereocenters. The van der Waals surface area contributed by atoms with E-state index in [4.69, 9.17) is 27.4 Å². The van der Waals surface area contributed by atoms with E-state index in [9.17, 15) is 4.57 Å². The molecule has 0 spiro atoms. The highest BCUT2D eigenvalue weighted by atomic mass is 35.9. The number of hydrogen-bond acceptors (Lipinski definition) is 4. The van der Waals surface area contributed by atoms with Gasteiger partial charge in [0.25, 0.3) is 8.53 Å². The second-order valence-corrected chi connectivity index (χ2v) is 6.08. The molecule has 3 N–H and O–H groups in total. The third-order valence-corrected chi connectivity index (χ3v) is 2.72. The van der Waals surface area contributed by atoms with Gasteiger partial charge in [-0.1, -0.05) is 0 Å². The topological polar surface area (TPSA) is 72.6 Å². The summed E-state index contributed by atoms with van der Waals surface area (Å²) in [5, 5.41) is 0. The maximum absolute atomic E-state index is 10.1. The van der Waals surface area contributed by atoms with E-state index in [1.807, 2.05) is 0 Å². The lowest BCUT2D eigenvalue weighted by atomic mass is 13.9. The second-order valence-electron chi connectivity index (χ2n) is 0.799. The molecule has 0 saturated heterocycles. The summed E-state index contributed by atoms with van der Waals surface area (Å²) in [6, 6.07) is 0. The first-order valence-electron chi connectivity index (χ1n) is 1.34. The van der Waals surface area contributed by atoms with E-state index in [0.717, 1.165) is 0 Å². The van der Waals surface area contributed by atoms with Crippen molar-refractivity contribution < 1.29 is 13.8 Å². The Balaban J connectivity index is 3.56. The van der Waals surface area contributed by atoms with Crippen molar-refractivity contribution in [2.75, 3.05) is 0 Å². The minimum Gasteiger partial charge on any atom is -0.338 e. The van der Waals surface area contributed by atoms with Crippen LogP contribution in [0.2, 0.25) is 0 Å². The van der Waals surface area contributed by atoms with Gasteiger partial charge in [-0.2, -0.15) is 0 Å². The third kappa shape index (κ3) is 7.12. The van der Waals surface area contributed by atoms with E-state index in [0.29, 0.717) is 0 Å². The Morgan fingerprint density at radius 3 is 2.12 bits per heavy atom. The maximum Gasteiger partial charge on any atom is 0.386 e. The van der Waals surface area contributed by atoms with Crippen LogP contribution in [0.5, 0.6) is 0 Å². The molecule has 0 aliphatic rings. The Kier molecular flexibility index (Phi) is 3.79. The van der Waals surface area contributed by atoms with Gasteiger partial charge in [-0.25, -0.2) is 4.31 Å². The normalized spacial score (nSPS) is 16.0. The lowest BCUT2D eigenvalue weighted by molar-refractivity contribution is 0.480. The summed E-state index contributed by atoms with van der Waals surface area (Å²) >= 11 is 9.61. The Bertz CT molecular complexity index is 108. The van der Waals surface area contributed by atoms with Gasteiger partial charge in [-0.05, 0) is 22.5 Å². The molecule has 0 aromatic rings. The molecule has 8 heavy (non-hydrogen) atoms. The summed E-state index contributed by atoms with van der Waals surface area (Å²) in [5.41, 5.74) is 4.64. The van der Waals surface area contributed by atoms with Crippen molar-refractivity contribution in [3.8, 4) is 0 Å². The Hall–Kier alpha value is 1.12. The highest BCUT2D eigenvalue weighted by molar-refractivity contribution is 8.07. The van der Waals surface area contributed by atoms with Gasteiger partial charge in [-0.15, -0.1) is 0 Å². The van der Waals surface area contributed by atoms with Crippen molar-refractivity contribution in [3.05, 3.63) is 0 Å². The van der Waals surface area contributed by atoms with Crippen LogP contribution < -0.4 is 5.50 Å². The van der Waals surface area contributed by atoms with E-state index in [1.54, 1.807) is 0 Å². The molecular formula is H3Cl2NO3P2. The van der Waals surface area contributed by atoms with Gasteiger partial charge in [0.05, 0.1) is 0 Å². The predicted octanol–water partition coefficient (Wildman–Crippen LogP) is 1.77. The standard InChI is InChI=1S/Cl2H3NO3P2/c1-8(2,5)6-7(3)4/h4H,3H2. The Morgan fingerprint density at radius 2 is 2.12 bits per heavy atom. The average molecular weight is 198 g/mol. The molecule has 0 saturated carbocycles. The quantitative estimate of drug-likeness (QED) is 0.662. The molecule has 0 radical (unpaired) electrons. The Morgan fingerprint density at radius 1 is 1.75 bits per heavy atom. The fraction of sp³-hybridized carbons (Fsp3) is 0. The fourth-order valence-corrected chi connectivity index (χ4v) is 2.01. The molecule has 0 aliphatic heterocycles. The summed E-state index contributed by atoms with van der Waals surface area (Å²) in [4.78, 5) is 8.17. The molecule has 1 unspecified atom stereocenters. The van der Waals surface area contributed by atoms with Crippen LogP contribution in [-0.4, -0.2) is 4.89 Å². The number of hydrogen-bond donors (Lipinski definition) is 2. The lowest BCUT2D eigenvalue weighted by Gasteiger charge is -2.02. The molecule has 0 aromatic carbocycles. The number of nitrogens with two attached hydrogens (primary N) is 1. The molecule has 0 amide bonds. The van der Waals surface area contributed by atoms with Gasteiger partial charge < -0.3 is 4.89 Å². The summed E-state index contributed by atoms with van der Waals surface area (Å²) in [7, 11) is -2.22. The van der Waals surface area contributed by atoms with Crippen LogP contribution in [0.4, 0.5) is 0 Å². The van der Waals surface area contributed by atoms with Crippen molar-refractivity contribution in [2.45, 2.75) is 0 Å². The fourth-order valence-electron chi connectivity index (χ4n) is 0.0974. The van der Waals surface area contributed by atoms with Crippen LogP contribution in [0.1, 0.15) is 0 Å². The van der Waals surface area contributed by atoms with E-state index in [1.165, 1.54) is 0 Å². The Labute approximate surface area is 56.9 Å². The van der Waals surface area contributed by atoms with Crippen LogP contribution in [0.25, 0.3) is 0 Å². The van der Waals surface area contributed by atoms with Crippen molar-refractivity contribution >= 4 is 37.1 Å². The molecule has 8 heteroatoms. The summed E-state index contributed by atoms with van der Waals surface area (Å²) in [6.45, 7) is 0. The number of rotatable bonds is 2. The van der Waals surface area contributed by atoms with Gasteiger partial charge in [0.15, 0.2) is 0 Å². The molecule has 0 aromatic heterocycles. The summed E-state index contributed by atoms with van der Waals surface area (Å²) in [5.74, 6) is 0. The van der Waals surface area contributed by atoms with Crippen molar-refractivity contribution in [3.63, 3.8) is 0 Å². The molecule has 0 heterocycles. The smallest absolute Gasteiger partial charge is 0.338 e. The van der Waals surface area contributed by atoms with Gasteiger partial charge >= 0.3 is 6.07 Å². The zero-order valence-electron chi connectivity index (χ0n) is 3.49. The van der Waals surface area contributed by atoms with Gasteiger partial charge in [0.1, 0.15) is 0 Å². The first-order chi connectivity index (χ1) is 3.42. The minimum atomic E-state index is -3.62. The highest BCUT2D eigenvalue weighted by Gasteiger charge is 2.18. The van der Waals surface area contributed by atoms with E-state index in [-0.39, 0.29) is 0 Å². The first-order valence-corrected chi connectivity index (χ1v) is 6.06. The minimum absolute atomic E-state index is 2.22. The van der Waals surface area contributed by atoms with Crippen LogP contribution >= 0.6 is 37.1 Å². The molecule has 0 bridgehead atoms. The first kappa shape index (κ1) is 9.12. The molecule has 0 fully saturated rings. The third-order valence-electron chi connectivity index (χ3n) is 0.179. The SMILES string of the molecule is NP(O)OP(=O)(Cl)Cl. The van der Waals surface area contributed by atoms with Gasteiger partial charge in [0.2, 0.25) is 0 Å². The van der Waals surface area contributed by atoms with E-state index < -0.39 is 14.6 Å². The predicted molar refractivity (Wildman–Crippen MR) is 33.7 cm³/mol. The van der Waals surface area contributed by atoms with Crippen LogP contribution in [-0.2, 0) is 8.88 Å². The largest absolute Gasteiger partial charge is 0.386 e. The molecule has 0 rings (SSSR count). The lowest BCUT2D eigenvalue weighted by Crippen LogP contribution is -1.85. The van der Waals surface area contributed by atoms with E-state index >= 15 is 0 Å². The van der Waals surface area contributed by atoms with Crippen LogP contribution in [0.15, 0.2) is 0 Å². The monoisotopic (exact) mass is 197 g/mol. The molecular weight excluding hydrogens is 195 g/mol. The van der Waals surface area contributed by atoms with Gasteiger partial charge in [0, 0.05) is 0 Å². The van der Waals surface area contributed by atoms with Crippen LogP contribution in [0, 0.1) is 0 Å². The zero-order chi connectivity index (χ0) is 6.78. The van der Waals surface area contributed by atoms with Gasteiger partial charge in [-0.3, -0.25) is 10.1 Å².